The molecule has 0 fully saturated rings. The SMILES string of the molecule is CC#CC1C=CC(c2ccccc2)=CC1. The molecule has 0 nitrogen and oxygen atoms in total. The average molecular weight is 194 g/mol. The summed E-state index contributed by atoms with van der Waals surface area (Å²) in [5.74, 6) is 6.54. The molecule has 1 unspecified atom stereocenters. The summed E-state index contributed by atoms with van der Waals surface area (Å²) in [5.41, 5.74) is 2.60. The maximum Gasteiger partial charge on any atom is 0.0420 e. The molecule has 1 aliphatic rings. The molecule has 0 bridgehead atoms. The summed E-state index contributed by atoms with van der Waals surface area (Å²) in [6.07, 6.45) is 7.67. The average Bonchev–Trinajstić information content (AvgIpc) is 2.32. The Labute approximate surface area is 91.3 Å². The van der Waals surface area contributed by atoms with Gasteiger partial charge in [0, 0.05) is 5.92 Å². The molecule has 1 aliphatic carbocycles. The van der Waals surface area contributed by atoms with Crippen LogP contribution in [0.1, 0.15) is 18.9 Å². The molecule has 0 N–H and O–H groups in total. The highest BCUT2D eigenvalue weighted by molar-refractivity contribution is 5.75. The standard InChI is InChI=1S/C15H14/c1-2-6-13-9-11-15(12-10-13)14-7-4-3-5-8-14/h3-5,7-9,11-13H,10H2,1H3. The fourth-order valence-corrected chi connectivity index (χ4v) is 1.76. The third-order valence-electron chi connectivity index (χ3n) is 2.54. The van der Waals surface area contributed by atoms with Crippen LogP contribution in [0.25, 0.3) is 5.57 Å². The first kappa shape index (κ1) is 9.80. The summed E-state index contributed by atoms with van der Waals surface area (Å²) in [7, 11) is 0. The van der Waals surface area contributed by atoms with Crippen molar-refractivity contribution in [1.29, 1.82) is 0 Å². The predicted octanol–water partition coefficient (Wildman–Crippen LogP) is 3.67. The lowest BCUT2D eigenvalue weighted by Gasteiger charge is -2.11. The number of hydrogen-bond donors (Lipinski definition) is 0. The third-order valence-corrected chi connectivity index (χ3v) is 2.54. The highest BCUT2D eigenvalue weighted by Gasteiger charge is 2.06. The summed E-state index contributed by atoms with van der Waals surface area (Å²) in [4.78, 5) is 0. The number of allylic oxidation sites excluding steroid dienone is 4. The fourth-order valence-electron chi connectivity index (χ4n) is 1.76. The minimum absolute atomic E-state index is 0.405. The van der Waals surface area contributed by atoms with E-state index in [-0.39, 0.29) is 0 Å². The molecule has 1 atom stereocenters. The summed E-state index contributed by atoms with van der Waals surface area (Å²) in [6, 6.07) is 10.5. The van der Waals surface area contributed by atoms with Gasteiger partial charge in [-0.3, -0.25) is 0 Å². The van der Waals surface area contributed by atoms with Gasteiger partial charge in [-0.2, -0.15) is 0 Å². The number of hydrogen-bond acceptors (Lipinski definition) is 0. The van der Waals surface area contributed by atoms with E-state index in [9.17, 15) is 0 Å². The normalized spacial score (nSPS) is 19.0. The summed E-state index contributed by atoms with van der Waals surface area (Å²) >= 11 is 0. The lowest BCUT2D eigenvalue weighted by molar-refractivity contribution is 0.855. The third kappa shape index (κ3) is 2.39. The minimum Gasteiger partial charge on any atom is -0.106 e. The van der Waals surface area contributed by atoms with Crippen LogP contribution in [0.15, 0.2) is 48.6 Å². The van der Waals surface area contributed by atoms with Crippen LogP contribution in [-0.4, -0.2) is 0 Å². The van der Waals surface area contributed by atoms with Crippen molar-refractivity contribution in [3.05, 3.63) is 54.1 Å². The fraction of sp³-hybridized carbons (Fsp3) is 0.200. The maximum absolute atomic E-state index is 3.18. The van der Waals surface area contributed by atoms with Crippen LogP contribution in [0.5, 0.6) is 0 Å². The Bertz CT molecular complexity index is 438. The molecule has 1 aromatic rings. The summed E-state index contributed by atoms with van der Waals surface area (Å²) < 4.78 is 0. The van der Waals surface area contributed by atoms with Crippen molar-refractivity contribution in [2.75, 3.05) is 0 Å². The van der Waals surface area contributed by atoms with Gasteiger partial charge < -0.3 is 0 Å². The molecule has 0 saturated heterocycles. The van der Waals surface area contributed by atoms with E-state index in [1.807, 2.05) is 13.0 Å². The van der Waals surface area contributed by atoms with Gasteiger partial charge in [0.2, 0.25) is 0 Å². The zero-order chi connectivity index (χ0) is 10.5. The smallest absolute Gasteiger partial charge is 0.0420 e. The summed E-state index contributed by atoms with van der Waals surface area (Å²) in [5, 5.41) is 0. The molecule has 0 aromatic heterocycles. The van der Waals surface area contributed by atoms with Crippen LogP contribution < -0.4 is 0 Å². The van der Waals surface area contributed by atoms with E-state index < -0.39 is 0 Å². The lowest BCUT2D eigenvalue weighted by Crippen LogP contribution is -1.96. The van der Waals surface area contributed by atoms with Gasteiger partial charge >= 0.3 is 0 Å². The Hall–Kier alpha value is -1.74. The van der Waals surface area contributed by atoms with Gasteiger partial charge in [0.15, 0.2) is 0 Å². The molecule has 0 saturated carbocycles. The van der Waals surface area contributed by atoms with Gasteiger partial charge in [-0.25, -0.2) is 0 Å². The Balaban J connectivity index is 2.15. The maximum atomic E-state index is 3.18. The van der Waals surface area contributed by atoms with Gasteiger partial charge in [0.25, 0.3) is 0 Å². The topological polar surface area (TPSA) is 0 Å². The number of rotatable bonds is 1. The minimum atomic E-state index is 0.405. The molecule has 0 amide bonds. The zero-order valence-corrected chi connectivity index (χ0v) is 8.90. The van der Waals surface area contributed by atoms with E-state index in [0.717, 1.165) is 6.42 Å². The van der Waals surface area contributed by atoms with E-state index >= 15 is 0 Å². The molecule has 2 rings (SSSR count). The van der Waals surface area contributed by atoms with Crippen molar-refractivity contribution in [1.82, 2.24) is 0 Å². The molecule has 0 heterocycles. The van der Waals surface area contributed by atoms with Gasteiger partial charge in [0.1, 0.15) is 0 Å². The lowest BCUT2D eigenvalue weighted by atomic mass is 9.93. The van der Waals surface area contributed by atoms with Gasteiger partial charge in [-0.05, 0) is 24.5 Å². The highest BCUT2D eigenvalue weighted by Crippen LogP contribution is 2.23. The molecule has 0 radical (unpaired) electrons. The molecular weight excluding hydrogens is 180 g/mol. The first-order valence-electron chi connectivity index (χ1n) is 5.26. The largest absolute Gasteiger partial charge is 0.106 e. The highest BCUT2D eigenvalue weighted by atomic mass is 14.1. The van der Waals surface area contributed by atoms with Crippen molar-refractivity contribution in [2.45, 2.75) is 13.3 Å². The van der Waals surface area contributed by atoms with Gasteiger partial charge in [-0.1, -0.05) is 54.5 Å². The van der Waals surface area contributed by atoms with Crippen LogP contribution in [0.2, 0.25) is 0 Å². The Morgan fingerprint density at radius 3 is 2.60 bits per heavy atom. The van der Waals surface area contributed by atoms with E-state index in [1.165, 1.54) is 11.1 Å². The first-order valence-corrected chi connectivity index (χ1v) is 5.26. The van der Waals surface area contributed by atoms with E-state index in [4.69, 9.17) is 0 Å². The van der Waals surface area contributed by atoms with Gasteiger partial charge in [-0.15, -0.1) is 5.92 Å². The predicted molar refractivity (Wildman–Crippen MR) is 65.1 cm³/mol. The molecule has 0 aliphatic heterocycles. The Morgan fingerprint density at radius 1 is 1.20 bits per heavy atom. The molecule has 74 valence electrons. The second-order valence-electron chi connectivity index (χ2n) is 3.62. The second kappa shape index (κ2) is 4.66. The zero-order valence-electron chi connectivity index (χ0n) is 8.90. The van der Waals surface area contributed by atoms with Crippen molar-refractivity contribution in [2.24, 2.45) is 5.92 Å². The van der Waals surface area contributed by atoms with Crippen LogP contribution in [-0.2, 0) is 0 Å². The second-order valence-corrected chi connectivity index (χ2v) is 3.62. The van der Waals surface area contributed by atoms with Crippen molar-refractivity contribution < 1.29 is 0 Å². The molecule has 1 aromatic carbocycles. The monoisotopic (exact) mass is 194 g/mol. The van der Waals surface area contributed by atoms with Crippen molar-refractivity contribution >= 4 is 5.57 Å². The van der Waals surface area contributed by atoms with Crippen molar-refractivity contribution in [3.8, 4) is 11.8 Å². The molecular formula is C15H14. The quantitative estimate of drug-likeness (QED) is 0.598. The molecule has 0 spiro atoms. The molecule has 15 heavy (non-hydrogen) atoms. The van der Waals surface area contributed by atoms with Crippen LogP contribution in [0, 0.1) is 17.8 Å². The van der Waals surface area contributed by atoms with E-state index in [2.05, 4.69) is 54.3 Å². The Morgan fingerprint density at radius 2 is 2.00 bits per heavy atom. The van der Waals surface area contributed by atoms with E-state index in [0.29, 0.717) is 5.92 Å². The van der Waals surface area contributed by atoms with Crippen LogP contribution >= 0.6 is 0 Å². The van der Waals surface area contributed by atoms with E-state index in [1.54, 1.807) is 0 Å². The van der Waals surface area contributed by atoms with Crippen LogP contribution in [0.4, 0.5) is 0 Å². The van der Waals surface area contributed by atoms with Crippen LogP contribution in [0.3, 0.4) is 0 Å². The number of benzene rings is 1. The van der Waals surface area contributed by atoms with Gasteiger partial charge in [0.05, 0.1) is 0 Å². The van der Waals surface area contributed by atoms with Crippen molar-refractivity contribution in [3.63, 3.8) is 0 Å². The molecule has 0 heteroatoms. The Kier molecular flexibility index (Phi) is 3.05. The first-order chi connectivity index (χ1) is 7.40. The summed E-state index contributed by atoms with van der Waals surface area (Å²) in [6.45, 7) is 1.89.